The lowest BCUT2D eigenvalue weighted by Gasteiger charge is -2.35. The van der Waals surface area contributed by atoms with Gasteiger partial charge in [0.1, 0.15) is 11.5 Å². The molecule has 206 valence electrons. The molecule has 1 aliphatic heterocycles. The van der Waals surface area contributed by atoms with Gasteiger partial charge in [0.15, 0.2) is 0 Å². The molecule has 0 spiro atoms. The number of allylic oxidation sites excluding steroid dienone is 2. The summed E-state index contributed by atoms with van der Waals surface area (Å²) in [5.41, 5.74) is 9.55. The fourth-order valence-electron chi connectivity index (χ4n) is 5.71. The standard InChI is InChI=1S/C31H38N4O4/c1-34(2)21-10-13-24-27(16-21)39-28-17-22(35(3)4)11-14-25(28)29(24)23-12-5-18(15-26(23)31(37)38)30(36)33-20-8-6-19(32)7-9-20/h5,10,12-17,19-22H,6-9,11,32H2,1-4H3,(H,33,36)(H,37,38). The number of rotatable bonds is 6. The second kappa shape index (κ2) is 11.0. The van der Waals surface area contributed by atoms with Gasteiger partial charge < -0.3 is 25.8 Å². The van der Waals surface area contributed by atoms with Crippen molar-refractivity contribution >= 4 is 17.4 Å². The van der Waals surface area contributed by atoms with Gasteiger partial charge in [0.05, 0.1) is 5.56 Å². The van der Waals surface area contributed by atoms with E-state index < -0.39 is 5.97 Å². The molecule has 0 radical (unpaired) electrons. The molecule has 0 bridgehead atoms. The van der Waals surface area contributed by atoms with Crippen molar-refractivity contribution in [1.29, 1.82) is 0 Å². The molecule has 1 saturated carbocycles. The highest BCUT2D eigenvalue weighted by molar-refractivity contribution is 6.03. The number of amides is 1. The molecular formula is C31H38N4O4. The molecule has 3 aliphatic carbocycles. The van der Waals surface area contributed by atoms with Crippen LogP contribution < -0.4 is 11.1 Å². The van der Waals surface area contributed by atoms with Gasteiger partial charge in [-0.25, -0.2) is 4.79 Å². The van der Waals surface area contributed by atoms with Gasteiger partial charge >= 0.3 is 5.97 Å². The second-order valence-corrected chi connectivity index (χ2v) is 11.3. The van der Waals surface area contributed by atoms with Crippen LogP contribution >= 0.6 is 0 Å². The monoisotopic (exact) mass is 530 g/mol. The number of carbonyl (C=O) groups is 2. The molecule has 1 aromatic carbocycles. The fraction of sp³-hybridized carbons (Fsp3) is 0.419. The smallest absolute Gasteiger partial charge is 0.336 e. The number of carboxylic acid groups (broad SMARTS) is 1. The van der Waals surface area contributed by atoms with Gasteiger partial charge in [0.2, 0.25) is 0 Å². The summed E-state index contributed by atoms with van der Waals surface area (Å²) in [4.78, 5) is 29.9. The minimum atomic E-state index is -1.08. The predicted octanol–water partition coefficient (Wildman–Crippen LogP) is 3.70. The minimum absolute atomic E-state index is 0.0557. The van der Waals surface area contributed by atoms with Gasteiger partial charge in [-0.15, -0.1) is 0 Å². The second-order valence-electron chi connectivity index (χ2n) is 11.3. The maximum Gasteiger partial charge on any atom is 0.336 e. The van der Waals surface area contributed by atoms with Crippen LogP contribution in [0.15, 0.2) is 71.2 Å². The molecule has 39 heavy (non-hydrogen) atoms. The molecule has 8 nitrogen and oxygen atoms in total. The van der Waals surface area contributed by atoms with Crippen LogP contribution in [0.5, 0.6) is 0 Å². The van der Waals surface area contributed by atoms with E-state index in [0.29, 0.717) is 16.9 Å². The van der Waals surface area contributed by atoms with Crippen LogP contribution in [0.3, 0.4) is 0 Å². The Labute approximate surface area is 230 Å². The van der Waals surface area contributed by atoms with Crippen LogP contribution in [0.25, 0.3) is 5.57 Å². The highest BCUT2D eigenvalue weighted by atomic mass is 16.5. The van der Waals surface area contributed by atoms with Gasteiger partial charge in [-0.2, -0.15) is 0 Å². The first-order chi connectivity index (χ1) is 18.6. The summed E-state index contributed by atoms with van der Waals surface area (Å²) in [7, 11) is 8.08. The Morgan fingerprint density at radius 1 is 1.03 bits per heavy atom. The zero-order valence-electron chi connectivity index (χ0n) is 23.1. The maximum atomic E-state index is 13.1. The average molecular weight is 531 g/mol. The minimum Gasteiger partial charge on any atom is -0.478 e. The SMILES string of the molecule is CN(C)C1C=CC2=C(c3ccc(C(=O)NC4CCC(N)CC4)cc3C(=O)O)C3=CCC(N(C)C)C=C3OC2=C1. The number of carbonyl (C=O) groups excluding carboxylic acids is 1. The molecular weight excluding hydrogens is 492 g/mol. The first kappa shape index (κ1) is 27.1. The van der Waals surface area contributed by atoms with Gasteiger partial charge in [-0.3, -0.25) is 9.69 Å². The molecule has 4 aliphatic rings. The maximum absolute atomic E-state index is 13.1. The lowest BCUT2D eigenvalue weighted by molar-refractivity contribution is 0.0696. The van der Waals surface area contributed by atoms with Crippen LogP contribution in [0.4, 0.5) is 0 Å². The van der Waals surface area contributed by atoms with Crippen molar-refractivity contribution in [2.45, 2.75) is 56.3 Å². The number of aromatic carboxylic acids is 1. The van der Waals surface area contributed by atoms with Crippen LogP contribution in [-0.2, 0) is 4.74 Å². The average Bonchev–Trinajstić information content (AvgIpc) is 2.91. The number of ether oxygens (including phenoxy) is 1. The quantitative estimate of drug-likeness (QED) is 0.515. The molecule has 8 heteroatoms. The molecule has 2 atom stereocenters. The Morgan fingerprint density at radius 2 is 1.77 bits per heavy atom. The molecule has 1 fully saturated rings. The zero-order valence-corrected chi connectivity index (χ0v) is 23.1. The van der Waals surface area contributed by atoms with E-state index in [0.717, 1.165) is 54.6 Å². The Hall–Kier alpha value is -3.46. The van der Waals surface area contributed by atoms with Crippen LogP contribution in [0.1, 0.15) is 58.4 Å². The third-order valence-electron chi connectivity index (χ3n) is 8.13. The number of nitrogens with zero attached hydrogens (tertiary/aromatic N) is 2. The summed E-state index contributed by atoms with van der Waals surface area (Å²) < 4.78 is 6.43. The predicted molar refractivity (Wildman–Crippen MR) is 152 cm³/mol. The lowest BCUT2D eigenvalue weighted by atomic mass is 9.81. The number of nitrogens with one attached hydrogen (secondary N) is 1. The van der Waals surface area contributed by atoms with E-state index in [9.17, 15) is 14.7 Å². The van der Waals surface area contributed by atoms with Crippen molar-refractivity contribution in [2.24, 2.45) is 5.73 Å². The largest absolute Gasteiger partial charge is 0.478 e. The van der Waals surface area contributed by atoms with E-state index in [2.05, 4.69) is 39.4 Å². The van der Waals surface area contributed by atoms with E-state index in [4.69, 9.17) is 10.5 Å². The van der Waals surface area contributed by atoms with Gasteiger partial charge in [0, 0.05) is 46.5 Å². The number of likely N-dealkylation sites (N-methyl/N-ethyl adjacent to an activating group) is 2. The van der Waals surface area contributed by atoms with Crippen LogP contribution in [-0.4, -0.2) is 79.1 Å². The van der Waals surface area contributed by atoms with E-state index in [1.165, 1.54) is 6.07 Å². The Kier molecular flexibility index (Phi) is 7.62. The number of fused-ring (bicyclic) bond motifs is 2. The zero-order chi connectivity index (χ0) is 27.8. The Balaban J connectivity index is 1.56. The first-order valence-corrected chi connectivity index (χ1v) is 13.6. The summed E-state index contributed by atoms with van der Waals surface area (Å²) in [6, 6.07) is 5.47. The highest BCUT2D eigenvalue weighted by Gasteiger charge is 2.34. The number of carboxylic acids is 1. The third kappa shape index (κ3) is 5.50. The molecule has 1 amide bonds. The van der Waals surface area contributed by atoms with Crippen molar-refractivity contribution in [2.75, 3.05) is 28.2 Å². The van der Waals surface area contributed by atoms with E-state index in [-0.39, 0.29) is 35.6 Å². The Bertz CT molecular complexity index is 1330. The van der Waals surface area contributed by atoms with Gasteiger partial charge in [-0.05, 0) is 90.1 Å². The molecule has 1 aromatic rings. The summed E-state index contributed by atoms with van der Waals surface area (Å²) in [6.07, 6.45) is 14.6. The van der Waals surface area contributed by atoms with Crippen molar-refractivity contribution in [3.8, 4) is 0 Å². The van der Waals surface area contributed by atoms with Crippen LogP contribution in [0, 0.1) is 0 Å². The molecule has 2 unspecified atom stereocenters. The van der Waals surface area contributed by atoms with Gasteiger partial charge in [-0.1, -0.05) is 24.3 Å². The van der Waals surface area contributed by atoms with Crippen molar-refractivity contribution in [1.82, 2.24) is 15.1 Å². The van der Waals surface area contributed by atoms with Crippen molar-refractivity contribution in [3.63, 3.8) is 0 Å². The molecule has 5 rings (SSSR count). The molecule has 4 N–H and O–H groups in total. The van der Waals surface area contributed by atoms with Crippen molar-refractivity contribution < 1.29 is 19.4 Å². The lowest BCUT2D eigenvalue weighted by Crippen LogP contribution is -2.40. The van der Waals surface area contributed by atoms with E-state index in [1.54, 1.807) is 12.1 Å². The normalized spacial score (nSPS) is 26.3. The van der Waals surface area contributed by atoms with Crippen molar-refractivity contribution in [3.05, 3.63) is 87.9 Å². The van der Waals surface area contributed by atoms with E-state index in [1.807, 2.05) is 34.3 Å². The number of nitrogens with two attached hydrogens (primary N) is 1. The fourth-order valence-corrected chi connectivity index (χ4v) is 5.71. The molecule has 0 saturated heterocycles. The Morgan fingerprint density at radius 3 is 2.44 bits per heavy atom. The topological polar surface area (TPSA) is 108 Å². The van der Waals surface area contributed by atoms with E-state index >= 15 is 0 Å². The number of benzene rings is 1. The summed E-state index contributed by atoms with van der Waals surface area (Å²) >= 11 is 0. The van der Waals surface area contributed by atoms with Crippen LogP contribution in [0.2, 0.25) is 0 Å². The first-order valence-electron chi connectivity index (χ1n) is 13.6. The third-order valence-corrected chi connectivity index (χ3v) is 8.13. The highest BCUT2D eigenvalue weighted by Crippen LogP contribution is 2.46. The number of hydrogen-bond acceptors (Lipinski definition) is 6. The summed E-state index contributed by atoms with van der Waals surface area (Å²) in [5, 5.41) is 13.4. The van der Waals surface area contributed by atoms with Gasteiger partial charge in [0.25, 0.3) is 5.91 Å². The summed E-state index contributed by atoms with van der Waals surface area (Å²) in [6.45, 7) is 0. The molecule has 0 aromatic heterocycles. The number of hydrogen-bond donors (Lipinski definition) is 3. The molecule has 1 heterocycles. The summed E-state index contributed by atoms with van der Waals surface area (Å²) in [5.74, 6) is 0.106.